The van der Waals surface area contributed by atoms with Crippen LogP contribution in [0.5, 0.6) is 0 Å². The fraction of sp³-hybridized carbons (Fsp3) is 0.556. The standard InChI is InChI=1S/C9H13FO/c1-6-4-8(10)5-7(2)9(6)11-3/h4,7H,5H2,1-3H3/t7-/m1/s1. The maximum Gasteiger partial charge on any atom is 0.102 e. The molecule has 0 spiro atoms. The van der Waals surface area contributed by atoms with Crippen LogP contribution in [0.4, 0.5) is 4.39 Å². The summed E-state index contributed by atoms with van der Waals surface area (Å²) in [6.45, 7) is 3.84. The third-order valence-electron chi connectivity index (χ3n) is 1.93. The van der Waals surface area contributed by atoms with Gasteiger partial charge in [-0.3, -0.25) is 0 Å². The summed E-state index contributed by atoms with van der Waals surface area (Å²) < 4.78 is 17.9. The average Bonchev–Trinajstić information content (AvgIpc) is 1.85. The Morgan fingerprint density at radius 3 is 2.73 bits per heavy atom. The Labute approximate surface area is 66.6 Å². The first kappa shape index (κ1) is 8.31. The molecule has 1 aliphatic rings. The Hall–Kier alpha value is -0.790. The van der Waals surface area contributed by atoms with Gasteiger partial charge >= 0.3 is 0 Å². The summed E-state index contributed by atoms with van der Waals surface area (Å²) >= 11 is 0. The van der Waals surface area contributed by atoms with Crippen LogP contribution in [-0.2, 0) is 4.74 Å². The van der Waals surface area contributed by atoms with Gasteiger partial charge in [0, 0.05) is 12.3 Å². The van der Waals surface area contributed by atoms with Crippen LogP contribution in [0.25, 0.3) is 0 Å². The molecule has 0 unspecified atom stereocenters. The third kappa shape index (κ3) is 1.62. The van der Waals surface area contributed by atoms with E-state index in [4.69, 9.17) is 4.74 Å². The minimum atomic E-state index is -0.0456. The topological polar surface area (TPSA) is 9.23 Å². The van der Waals surface area contributed by atoms with Crippen molar-refractivity contribution in [3.63, 3.8) is 0 Å². The van der Waals surface area contributed by atoms with Gasteiger partial charge in [-0.1, -0.05) is 6.92 Å². The molecule has 0 amide bonds. The molecule has 0 aromatic rings. The molecule has 62 valence electrons. The lowest BCUT2D eigenvalue weighted by Crippen LogP contribution is -2.08. The van der Waals surface area contributed by atoms with Crippen LogP contribution < -0.4 is 0 Å². The molecule has 0 aliphatic heterocycles. The fourth-order valence-electron chi connectivity index (χ4n) is 1.50. The molecule has 1 atom stereocenters. The Kier molecular flexibility index (Phi) is 2.32. The molecule has 1 nitrogen and oxygen atoms in total. The lowest BCUT2D eigenvalue weighted by Gasteiger charge is -2.19. The van der Waals surface area contributed by atoms with Crippen molar-refractivity contribution in [2.45, 2.75) is 20.3 Å². The molecule has 0 saturated carbocycles. The number of methoxy groups -OCH3 is 1. The Balaban J connectivity index is 2.92. The molecule has 0 N–H and O–H groups in total. The van der Waals surface area contributed by atoms with E-state index >= 15 is 0 Å². The Morgan fingerprint density at radius 1 is 1.64 bits per heavy atom. The zero-order valence-electron chi connectivity index (χ0n) is 7.15. The van der Waals surface area contributed by atoms with E-state index in [1.807, 2.05) is 13.8 Å². The molecule has 2 heteroatoms. The van der Waals surface area contributed by atoms with Gasteiger partial charge in [0.05, 0.1) is 7.11 Å². The first-order chi connectivity index (χ1) is 5.15. The molecule has 1 rings (SSSR count). The molecule has 1 aliphatic carbocycles. The number of hydrogen-bond donors (Lipinski definition) is 0. The summed E-state index contributed by atoms with van der Waals surface area (Å²) in [5.74, 6) is 1.05. The smallest absolute Gasteiger partial charge is 0.102 e. The van der Waals surface area contributed by atoms with E-state index in [0.29, 0.717) is 6.42 Å². The molecular weight excluding hydrogens is 143 g/mol. The van der Waals surface area contributed by atoms with Crippen molar-refractivity contribution < 1.29 is 9.13 Å². The van der Waals surface area contributed by atoms with Gasteiger partial charge < -0.3 is 4.74 Å². The summed E-state index contributed by atoms with van der Waals surface area (Å²) in [5.41, 5.74) is 0.906. The second kappa shape index (κ2) is 3.07. The van der Waals surface area contributed by atoms with Crippen molar-refractivity contribution >= 4 is 0 Å². The van der Waals surface area contributed by atoms with Gasteiger partial charge in [-0.05, 0) is 18.6 Å². The fourth-order valence-corrected chi connectivity index (χ4v) is 1.50. The second-order valence-electron chi connectivity index (χ2n) is 2.95. The quantitative estimate of drug-likeness (QED) is 0.567. The highest BCUT2D eigenvalue weighted by Gasteiger charge is 2.18. The van der Waals surface area contributed by atoms with Gasteiger partial charge in [0.25, 0.3) is 0 Å². The summed E-state index contributed by atoms with van der Waals surface area (Å²) in [4.78, 5) is 0. The molecular formula is C9H13FO. The van der Waals surface area contributed by atoms with E-state index in [9.17, 15) is 4.39 Å². The summed E-state index contributed by atoms with van der Waals surface area (Å²) in [6.07, 6.45) is 2.01. The minimum absolute atomic E-state index is 0.0456. The lowest BCUT2D eigenvalue weighted by molar-refractivity contribution is 0.235. The van der Waals surface area contributed by atoms with Gasteiger partial charge in [-0.2, -0.15) is 0 Å². The molecule has 0 radical (unpaired) electrons. The number of allylic oxidation sites excluding steroid dienone is 4. The first-order valence-corrected chi connectivity index (χ1v) is 3.76. The largest absolute Gasteiger partial charge is 0.501 e. The van der Waals surface area contributed by atoms with Gasteiger partial charge in [-0.25, -0.2) is 4.39 Å². The van der Waals surface area contributed by atoms with E-state index in [0.717, 1.165) is 11.3 Å². The second-order valence-corrected chi connectivity index (χ2v) is 2.95. The third-order valence-corrected chi connectivity index (χ3v) is 1.93. The Morgan fingerprint density at radius 2 is 2.27 bits per heavy atom. The maximum atomic E-state index is 12.8. The molecule has 0 bridgehead atoms. The van der Waals surface area contributed by atoms with Gasteiger partial charge in [0.15, 0.2) is 0 Å². The highest BCUT2D eigenvalue weighted by molar-refractivity contribution is 5.28. The van der Waals surface area contributed by atoms with E-state index in [2.05, 4.69) is 0 Å². The molecule has 0 fully saturated rings. The minimum Gasteiger partial charge on any atom is -0.501 e. The van der Waals surface area contributed by atoms with Gasteiger partial charge in [0.2, 0.25) is 0 Å². The first-order valence-electron chi connectivity index (χ1n) is 3.76. The SMILES string of the molecule is COC1=C(C)C=C(F)C[C@H]1C. The molecule has 0 saturated heterocycles. The van der Waals surface area contributed by atoms with Crippen LogP contribution in [0.3, 0.4) is 0 Å². The number of hydrogen-bond acceptors (Lipinski definition) is 1. The van der Waals surface area contributed by atoms with Crippen LogP contribution >= 0.6 is 0 Å². The van der Waals surface area contributed by atoms with Crippen LogP contribution in [0, 0.1) is 5.92 Å². The summed E-state index contributed by atoms with van der Waals surface area (Å²) in [5, 5.41) is 0. The average molecular weight is 156 g/mol. The monoisotopic (exact) mass is 156 g/mol. The van der Waals surface area contributed by atoms with Crippen molar-refractivity contribution in [2.24, 2.45) is 5.92 Å². The van der Waals surface area contributed by atoms with E-state index in [1.54, 1.807) is 13.2 Å². The zero-order valence-corrected chi connectivity index (χ0v) is 7.15. The van der Waals surface area contributed by atoms with Crippen molar-refractivity contribution in [1.82, 2.24) is 0 Å². The molecule has 0 aromatic carbocycles. The van der Waals surface area contributed by atoms with Crippen LogP contribution in [-0.4, -0.2) is 7.11 Å². The summed E-state index contributed by atoms with van der Waals surface area (Å²) in [6, 6.07) is 0. The highest BCUT2D eigenvalue weighted by Crippen LogP contribution is 2.29. The molecule has 0 aromatic heterocycles. The van der Waals surface area contributed by atoms with E-state index < -0.39 is 0 Å². The lowest BCUT2D eigenvalue weighted by atomic mass is 9.95. The predicted octanol–water partition coefficient (Wildman–Crippen LogP) is 2.80. The highest BCUT2D eigenvalue weighted by atomic mass is 19.1. The number of rotatable bonds is 1. The van der Waals surface area contributed by atoms with Crippen LogP contribution in [0.1, 0.15) is 20.3 Å². The predicted molar refractivity (Wildman–Crippen MR) is 42.7 cm³/mol. The summed E-state index contributed by atoms with van der Waals surface area (Å²) in [7, 11) is 1.63. The maximum absolute atomic E-state index is 12.8. The molecule has 0 heterocycles. The number of ether oxygens (including phenoxy) is 1. The zero-order chi connectivity index (χ0) is 8.43. The Bertz CT molecular complexity index is 216. The van der Waals surface area contributed by atoms with Crippen LogP contribution in [0.15, 0.2) is 23.2 Å². The van der Waals surface area contributed by atoms with E-state index in [1.165, 1.54) is 0 Å². The number of halogens is 1. The van der Waals surface area contributed by atoms with E-state index in [-0.39, 0.29) is 11.7 Å². The van der Waals surface area contributed by atoms with Crippen molar-refractivity contribution in [1.29, 1.82) is 0 Å². The van der Waals surface area contributed by atoms with Crippen LogP contribution in [0.2, 0.25) is 0 Å². The van der Waals surface area contributed by atoms with Gasteiger partial charge in [-0.15, -0.1) is 0 Å². The molecule has 11 heavy (non-hydrogen) atoms. The van der Waals surface area contributed by atoms with Crippen molar-refractivity contribution in [3.8, 4) is 0 Å². The normalized spacial score (nSPS) is 25.1. The van der Waals surface area contributed by atoms with Crippen molar-refractivity contribution in [2.75, 3.05) is 7.11 Å². The van der Waals surface area contributed by atoms with Crippen molar-refractivity contribution in [3.05, 3.63) is 23.2 Å². The van der Waals surface area contributed by atoms with Gasteiger partial charge in [0.1, 0.15) is 11.6 Å².